The number of fused-ring (bicyclic) bond motifs is 1. The van der Waals surface area contributed by atoms with E-state index in [0.29, 0.717) is 18.3 Å². The summed E-state index contributed by atoms with van der Waals surface area (Å²) in [5, 5.41) is 6.55. The Balaban J connectivity index is 1.66. The molecule has 2 N–H and O–H groups in total. The number of benzene rings is 1. The lowest BCUT2D eigenvalue weighted by Gasteiger charge is -2.04. The molecule has 0 radical (unpaired) electrons. The predicted octanol–water partition coefficient (Wildman–Crippen LogP) is 2.78. The fraction of sp³-hybridized carbons (Fsp3) is 0.444. The van der Waals surface area contributed by atoms with Gasteiger partial charge < -0.3 is 15.4 Å². The van der Waals surface area contributed by atoms with Crippen LogP contribution >= 0.6 is 11.3 Å². The molecule has 0 saturated carbocycles. The Bertz CT molecular complexity index is 727. The lowest BCUT2D eigenvalue weighted by Crippen LogP contribution is -2.30. The largest absolute Gasteiger partial charge is 0.383 e. The number of amides is 1. The SMILES string of the molecule is COCCNCC(=O)Nc1nc(-c2ccc3c(c2)CCC3)c(C)s1. The van der Waals surface area contributed by atoms with E-state index >= 15 is 0 Å². The molecule has 2 aromatic rings. The van der Waals surface area contributed by atoms with Gasteiger partial charge in [0.15, 0.2) is 5.13 Å². The minimum Gasteiger partial charge on any atom is -0.383 e. The van der Waals surface area contributed by atoms with E-state index in [0.717, 1.165) is 22.6 Å². The molecule has 1 aromatic carbocycles. The van der Waals surface area contributed by atoms with Gasteiger partial charge in [-0.3, -0.25) is 4.79 Å². The maximum absolute atomic E-state index is 11.9. The van der Waals surface area contributed by atoms with Gasteiger partial charge in [-0.2, -0.15) is 0 Å². The molecule has 6 heteroatoms. The van der Waals surface area contributed by atoms with Gasteiger partial charge in [0.05, 0.1) is 18.8 Å². The summed E-state index contributed by atoms with van der Waals surface area (Å²) in [4.78, 5) is 17.7. The van der Waals surface area contributed by atoms with Crippen LogP contribution in [0.3, 0.4) is 0 Å². The number of hydrogen-bond acceptors (Lipinski definition) is 5. The minimum atomic E-state index is -0.0830. The van der Waals surface area contributed by atoms with Crippen molar-refractivity contribution >= 4 is 22.4 Å². The van der Waals surface area contributed by atoms with Gasteiger partial charge in [-0.05, 0) is 43.4 Å². The van der Waals surface area contributed by atoms with E-state index in [2.05, 4.69) is 33.8 Å². The summed E-state index contributed by atoms with van der Waals surface area (Å²) in [5.74, 6) is -0.0830. The average Bonchev–Trinajstić information content (AvgIpc) is 3.17. The predicted molar refractivity (Wildman–Crippen MR) is 97.7 cm³/mol. The molecular weight excluding hydrogens is 322 g/mol. The number of methoxy groups -OCH3 is 1. The first-order valence-corrected chi connectivity index (χ1v) is 9.08. The highest BCUT2D eigenvalue weighted by Crippen LogP contribution is 2.33. The van der Waals surface area contributed by atoms with Crippen molar-refractivity contribution in [1.82, 2.24) is 10.3 Å². The fourth-order valence-electron chi connectivity index (χ4n) is 2.98. The van der Waals surface area contributed by atoms with Crippen molar-refractivity contribution in [3.63, 3.8) is 0 Å². The quantitative estimate of drug-likeness (QED) is 0.758. The molecule has 1 amide bonds. The Morgan fingerprint density at radius 3 is 3.00 bits per heavy atom. The summed E-state index contributed by atoms with van der Waals surface area (Å²) in [6.07, 6.45) is 3.58. The van der Waals surface area contributed by atoms with E-state index in [-0.39, 0.29) is 12.5 Å². The summed E-state index contributed by atoms with van der Waals surface area (Å²) in [6.45, 7) is 3.55. The van der Waals surface area contributed by atoms with Crippen LogP contribution in [0.1, 0.15) is 22.4 Å². The minimum absolute atomic E-state index is 0.0830. The van der Waals surface area contributed by atoms with Gasteiger partial charge in [-0.1, -0.05) is 12.1 Å². The smallest absolute Gasteiger partial charge is 0.240 e. The fourth-order valence-corrected chi connectivity index (χ4v) is 3.83. The zero-order valence-electron chi connectivity index (χ0n) is 14.1. The van der Waals surface area contributed by atoms with Crippen molar-refractivity contribution in [2.24, 2.45) is 0 Å². The number of carbonyl (C=O) groups excluding carboxylic acids is 1. The van der Waals surface area contributed by atoms with Gasteiger partial charge in [-0.15, -0.1) is 11.3 Å². The number of nitrogens with zero attached hydrogens (tertiary/aromatic N) is 1. The van der Waals surface area contributed by atoms with Crippen LogP contribution in [-0.2, 0) is 22.4 Å². The molecule has 0 saturated heterocycles. The third-order valence-electron chi connectivity index (χ3n) is 4.18. The molecule has 24 heavy (non-hydrogen) atoms. The number of rotatable bonds is 7. The maximum atomic E-state index is 11.9. The summed E-state index contributed by atoms with van der Waals surface area (Å²) in [6, 6.07) is 6.61. The number of aromatic nitrogens is 1. The van der Waals surface area contributed by atoms with Crippen LogP contribution in [0.4, 0.5) is 5.13 Å². The highest BCUT2D eigenvalue weighted by Gasteiger charge is 2.15. The first-order valence-electron chi connectivity index (χ1n) is 8.26. The summed E-state index contributed by atoms with van der Waals surface area (Å²) >= 11 is 1.52. The first kappa shape index (κ1) is 17.1. The third kappa shape index (κ3) is 4.01. The molecule has 5 nitrogen and oxygen atoms in total. The topological polar surface area (TPSA) is 63.2 Å². The van der Waals surface area contributed by atoms with Crippen molar-refractivity contribution in [3.8, 4) is 11.3 Å². The Labute approximate surface area is 146 Å². The highest BCUT2D eigenvalue weighted by molar-refractivity contribution is 7.16. The molecule has 0 atom stereocenters. The van der Waals surface area contributed by atoms with Crippen LogP contribution in [0.15, 0.2) is 18.2 Å². The normalized spacial score (nSPS) is 13.1. The second-order valence-corrected chi connectivity index (χ2v) is 7.18. The number of thiazole rings is 1. The summed E-state index contributed by atoms with van der Waals surface area (Å²) in [5.41, 5.74) is 5.01. The van der Waals surface area contributed by atoms with Gasteiger partial charge in [0, 0.05) is 24.1 Å². The lowest BCUT2D eigenvalue weighted by atomic mass is 10.0. The molecule has 1 heterocycles. The molecule has 0 fully saturated rings. The van der Waals surface area contributed by atoms with Gasteiger partial charge in [0.1, 0.15) is 0 Å². The molecule has 0 bridgehead atoms. The van der Waals surface area contributed by atoms with Crippen LogP contribution in [0.5, 0.6) is 0 Å². The molecule has 1 aromatic heterocycles. The van der Waals surface area contributed by atoms with Crippen LogP contribution in [-0.4, -0.2) is 37.7 Å². The molecule has 0 aliphatic heterocycles. The second kappa shape index (κ2) is 7.88. The Morgan fingerprint density at radius 2 is 2.17 bits per heavy atom. The third-order valence-corrected chi connectivity index (χ3v) is 5.07. The molecular formula is C18H23N3O2S. The summed E-state index contributed by atoms with van der Waals surface area (Å²) in [7, 11) is 1.64. The van der Waals surface area contributed by atoms with E-state index in [1.165, 1.54) is 35.3 Å². The number of carbonyl (C=O) groups is 1. The van der Waals surface area contributed by atoms with Crippen LogP contribution in [0.25, 0.3) is 11.3 Å². The van der Waals surface area contributed by atoms with E-state index in [9.17, 15) is 4.79 Å². The van der Waals surface area contributed by atoms with Crippen molar-refractivity contribution in [3.05, 3.63) is 34.2 Å². The highest BCUT2D eigenvalue weighted by atomic mass is 32.1. The number of ether oxygens (including phenoxy) is 1. The van der Waals surface area contributed by atoms with E-state index in [1.54, 1.807) is 7.11 Å². The number of nitrogens with one attached hydrogen (secondary N) is 2. The van der Waals surface area contributed by atoms with Gasteiger partial charge >= 0.3 is 0 Å². The Morgan fingerprint density at radius 1 is 1.33 bits per heavy atom. The first-order chi connectivity index (χ1) is 11.7. The molecule has 0 spiro atoms. The van der Waals surface area contributed by atoms with E-state index < -0.39 is 0 Å². The molecule has 3 rings (SSSR count). The Hall–Kier alpha value is -1.76. The van der Waals surface area contributed by atoms with Crippen molar-refractivity contribution in [2.75, 3.05) is 32.1 Å². The standard InChI is InChI=1S/C18H23N3O2S/c1-12-17(15-7-6-13-4-3-5-14(13)10-15)21-18(24-12)20-16(22)11-19-8-9-23-2/h6-7,10,19H,3-5,8-9,11H2,1-2H3,(H,20,21,22). The lowest BCUT2D eigenvalue weighted by molar-refractivity contribution is -0.115. The number of aryl methyl sites for hydroxylation is 3. The monoisotopic (exact) mass is 345 g/mol. The van der Waals surface area contributed by atoms with Crippen molar-refractivity contribution in [1.29, 1.82) is 0 Å². The van der Waals surface area contributed by atoms with E-state index in [4.69, 9.17) is 4.74 Å². The maximum Gasteiger partial charge on any atom is 0.240 e. The van der Waals surface area contributed by atoms with Crippen LogP contribution < -0.4 is 10.6 Å². The van der Waals surface area contributed by atoms with Gasteiger partial charge in [-0.25, -0.2) is 4.98 Å². The Kier molecular flexibility index (Phi) is 5.60. The number of hydrogen-bond donors (Lipinski definition) is 2. The van der Waals surface area contributed by atoms with Crippen molar-refractivity contribution < 1.29 is 9.53 Å². The van der Waals surface area contributed by atoms with Crippen LogP contribution in [0, 0.1) is 6.92 Å². The average molecular weight is 345 g/mol. The summed E-state index contributed by atoms with van der Waals surface area (Å²) < 4.78 is 4.94. The second-order valence-electron chi connectivity index (χ2n) is 5.98. The van der Waals surface area contributed by atoms with Gasteiger partial charge in [0.2, 0.25) is 5.91 Å². The molecule has 128 valence electrons. The molecule has 1 aliphatic carbocycles. The van der Waals surface area contributed by atoms with Crippen LogP contribution in [0.2, 0.25) is 0 Å². The van der Waals surface area contributed by atoms with E-state index in [1.807, 2.05) is 6.92 Å². The zero-order valence-corrected chi connectivity index (χ0v) is 15.0. The van der Waals surface area contributed by atoms with Gasteiger partial charge in [0.25, 0.3) is 0 Å². The molecule has 0 unspecified atom stereocenters. The molecule has 1 aliphatic rings. The number of anilines is 1. The zero-order chi connectivity index (χ0) is 16.9. The van der Waals surface area contributed by atoms with Crippen molar-refractivity contribution in [2.45, 2.75) is 26.2 Å².